The molecule has 2 amide bonds. The number of nitrogens with zero attached hydrogens (tertiary/aromatic N) is 1. The Labute approximate surface area is 166 Å². The largest absolute Gasteiger partial charge is 0.497 e. The average Bonchev–Trinajstić information content (AvgIpc) is 2.65. The molecule has 0 spiro atoms. The highest BCUT2D eigenvalue weighted by molar-refractivity contribution is 6.44. The van der Waals surface area contributed by atoms with E-state index in [4.69, 9.17) is 32.7 Å². The van der Waals surface area contributed by atoms with Crippen LogP contribution in [0.1, 0.15) is 12.0 Å². The predicted molar refractivity (Wildman–Crippen MR) is 105 cm³/mol. The van der Waals surface area contributed by atoms with Crippen molar-refractivity contribution >= 4 is 46.9 Å². The van der Waals surface area contributed by atoms with Crippen LogP contribution >= 0.6 is 23.2 Å². The lowest BCUT2D eigenvalue weighted by atomic mass is 10.2. The zero-order valence-corrected chi connectivity index (χ0v) is 16.1. The van der Waals surface area contributed by atoms with Gasteiger partial charge in [-0.25, -0.2) is 5.43 Å². The summed E-state index contributed by atoms with van der Waals surface area (Å²) in [5.74, 6) is 0.0216. The molecule has 0 saturated heterocycles. The van der Waals surface area contributed by atoms with Gasteiger partial charge < -0.3 is 14.8 Å². The first kappa shape index (κ1) is 20.5. The quantitative estimate of drug-likeness (QED) is 0.416. The molecule has 0 fully saturated rings. The molecule has 2 rings (SSSR count). The van der Waals surface area contributed by atoms with E-state index >= 15 is 0 Å². The minimum absolute atomic E-state index is 0.206. The van der Waals surface area contributed by atoms with Crippen LogP contribution in [0.2, 0.25) is 10.0 Å². The van der Waals surface area contributed by atoms with Crippen LogP contribution in [0.4, 0.5) is 5.69 Å². The number of anilines is 1. The van der Waals surface area contributed by atoms with Crippen molar-refractivity contribution in [3.63, 3.8) is 0 Å². The van der Waals surface area contributed by atoms with E-state index < -0.39 is 18.2 Å². The Morgan fingerprint density at radius 1 is 1.11 bits per heavy atom. The van der Waals surface area contributed by atoms with Crippen LogP contribution in [0, 0.1) is 0 Å². The first-order valence-corrected chi connectivity index (χ1v) is 8.48. The van der Waals surface area contributed by atoms with Crippen molar-refractivity contribution in [1.82, 2.24) is 5.43 Å². The Kier molecular flexibility index (Phi) is 7.45. The molecule has 0 bridgehead atoms. The molecule has 0 aliphatic heterocycles. The minimum atomic E-state index is -0.589. The van der Waals surface area contributed by atoms with Crippen LogP contribution in [0.15, 0.2) is 41.5 Å². The molecule has 2 aromatic carbocycles. The van der Waals surface area contributed by atoms with E-state index in [1.165, 1.54) is 13.3 Å². The van der Waals surface area contributed by atoms with Gasteiger partial charge in [0.15, 0.2) is 0 Å². The summed E-state index contributed by atoms with van der Waals surface area (Å²) < 4.78 is 10.3. The summed E-state index contributed by atoms with van der Waals surface area (Å²) >= 11 is 11.9. The number of hydrogen-bond donors (Lipinski definition) is 2. The van der Waals surface area contributed by atoms with E-state index in [0.29, 0.717) is 27.8 Å². The molecule has 142 valence electrons. The molecule has 0 heterocycles. The van der Waals surface area contributed by atoms with Crippen LogP contribution < -0.4 is 20.2 Å². The monoisotopic (exact) mass is 409 g/mol. The second-order valence-corrected chi connectivity index (χ2v) is 6.01. The van der Waals surface area contributed by atoms with E-state index in [1.54, 1.807) is 43.5 Å². The zero-order valence-electron chi connectivity index (χ0n) is 14.6. The van der Waals surface area contributed by atoms with Crippen molar-refractivity contribution in [2.45, 2.75) is 6.42 Å². The van der Waals surface area contributed by atoms with Gasteiger partial charge in [0.1, 0.15) is 17.9 Å². The number of nitrogens with one attached hydrogen (secondary N) is 2. The maximum Gasteiger partial charge on any atom is 0.249 e. The molecular weight excluding hydrogens is 393 g/mol. The Morgan fingerprint density at radius 2 is 1.89 bits per heavy atom. The fourth-order valence-corrected chi connectivity index (χ4v) is 2.43. The molecular formula is C18H17Cl2N3O4. The van der Waals surface area contributed by atoms with Crippen molar-refractivity contribution in [3.05, 3.63) is 52.0 Å². The number of carbonyl (C=O) groups excluding carboxylic acids is 2. The molecule has 27 heavy (non-hydrogen) atoms. The third-order valence-electron chi connectivity index (χ3n) is 3.38. The van der Waals surface area contributed by atoms with Gasteiger partial charge in [-0.05, 0) is 24.3 Å². The Bertz CT molecular complexity index is 872. The average molecular weight is 410 g/mol. The molecule has 7 nitrogen and oxygen atoms in total. The number of hydrazone groups is 1. The number of carbonyl (C=O) groups is 2. The van der Waals surface area contributed by atoms with Gasteiger partial charge in [-0.1, -0.05) is 29.3 Å². The Balaban J connectivity index is 1.91. The third-order valence-corrected chi connectivity index (χ3v) is 4.20. The van der Waals surface area contributed by atoms with Gasteiger partial charge in [-0.15, -0.1) is 0 Å². The van der Waals surface area contributed by atoms with E-state index in [0.717, 1.165) is 0 Å². The number of methoxy groups -OCH3 is 2. The molecule has 0 unspecified atom stereocenters. The Morgan fingerprint density at radius 3 is 2.59 bits per heavy atom. The van der Waals surface area contributed by atoms with E-state index in [1.807, 2.05) is 0 Å². The summed E-state index contributed by atoms with van der Waals surface area (Å²) in [5, 5.41) is 6.85. The van der Waals surface area contributed by atoms with Crippen LogP contribution in [-0.2, 0) is 9.59 Å². The fraction of sp³-hybridized carbons (Fsp3) is 0.167. The number of hydrogen-bond acceptors (Lipinski definition) is 5. The van der Waals surface area contributed by atoms with Crippen LogP contribution in [0.3, 0.4) is 0 Å². The maximum atomic E-state index is 11.9. The number of rotatable bonds is 7. The molecule has 0 saturated carbocycles. The Hall–Kier alpha value is -2.77. The summed E-state index contributed by atoms with van der Waals surface area (Å²) in [4.78, 5) is 23.8. The second-order valence-electron chi connectivity index (χ2n) is 5.23. The summed E-state index contributed by atoms with van der Waals surface area (Å²) in [6.45, 7) is 0. The lowest BCUT2D eigenvalue weighted by Gasteiger charge is -2.08. The van der Waals surface area contributed by atoms with Crippen molar-refractivity contribution < 1.29 is 19.1 Å². The number of halogens is 2. The molecule has 2 N–H and O–H groups in total. The van der Waals surface area contributed by atoms with Gasteiger partial charge in [0.2, 0.25) is 11.8 Å². The van der Waals surface area contributed by atoms with Gasteiger partial charge in [-0.2, -0.15) is 5.10 Å². The van der Waals surface area contributed by atoms with Crippen molar-refractivity contribution in [2.75, 3.05) is 19.5 Å². The summed E-state index contributed by atoms with van der Waals surface area (Å²) in [5.41, 5.74) is 3.24. The van der Waals surface area contributed by atoms with Crippen molar-refractivity contribution in [3.8, 4) is 11.5 Å². The highest BCUT2D eigenvalue weighted by atomic mass is 35.5. The maximum absolute atomic E-state index is 11.9. The second kappa shape index (κ2) is 9.80. The molecule has 2 aromatic rings. The fourth-order valence-electron chi connectivity index (χ4n) is 2.08. The van der Waals surface area contributed by atoms with Gasteiger partial charge in [0, 0.05) is 11.6 Å². The van der Waals surface area contributed by atoms with Crippen molar-refractivity contribution in [1.29, 1.82) is 0 Å². The lowest BCUT2D eigenvalue weighted by Crippen LogP contribution is -2.24. The predicted octanol–water partition coefficient (Wildman–Crippen LogP) is 3.49. The first-order valence-electron chi connectivity index (χ1n) is 7.72. The highest BCUT2D eigenvalue weighted by Gasteiger charge is 2.12. The van der Waals surface area contributed by atoms with E-state index in [2.05, 4.69) is 15.8 Å². The van der Waals surface area contributed by atoms with Gasteiger partial charge in [-0.3, -0.25) is 9.59 Å². The smallest absolute Gasteiger partial charge is 0.249 e. The summed E-state index contributed by atoms with van der Waals surface area (Å²) in [6, 6.07) is 9.95. The molecule has 0 aliphatic carbocycles. The standard InChI is InChI=1S/C18H17Cl2N3O4/c1-26-12-7-6-11(15(8-12)27-2)10-21-23-17(25)9-16(24)22-14-5-3-4-13(19)18(14)20/h3-8,10H,9H2,1-2H3,(H,22,24)(H,23,25). The van der Waals surface area contributed by atoms with E-state index in [9.17, 15) is 9.59 Å². The van der Waals surface area contributed by atoms with Gasteiger partial charge in [0.05, 0.1) is 36.2 Å². The molecule has 0 aromatic heterocycles. The molecule has 0 radical (unpaired) electrons. The molecule has 9 heteroatoms. The van der Waals surface area contributed by atoms with Gasteiger partial charge >= 0.3 is 0 Å². The molecule has 0 aliphatic rings. The first-order chi connectivity index (χ1) is 12.9. The summed E-state index contributed by atoms with van der Waals surface area (Å²) in [7, 11) is 3.06. The number of ether oxygens (including phenoxy) is 2. The number of benzene rings is 2. The third kappa shape index (κ3) is 5.87. The zero-order chi connectivity index (χ0) is 19.8. The van der Waals surface area contributed by atoms with Crippen LogP contribution in [-0.4, -0.2) is 32.2 Å². The number of amides is 2. The minimum Gasteiger partial charge on any atom is -0.497 e. The van der Waals surface area contributed by atoms with E-state index in [-0.39, 0.29) is 5.02 Å². The lowest BCUT2D eigenvalue weighted by molar-refractivity contribution is -0.126. The van der Waals surface area contributed by atoms with Crippen LogP contribution in [0.25, 0.3) is 0 Å². The highest BCUT2D eigenvalue weighted by Crippen LogP contribution is 2.29. The van der Waals surface area contributed by atoms with Crippen molar-refractivity contribution in [2.24, 2.45) is 5.10 Å². The van der Waals surface area contributed by atoms with Crippen LogP contribution in [0.5, 0.6) is 11.5 Å². The normalized spacial score (nSPS) is 10.5. The summed E-state index contributed by atoms with van der Waals surface area (Å²) in [6.07, 6.45) is 0.974. The topological polar surface area (TPSA) is 89.0 Å². The van der Waals surface area contributed by atoms with Gasteiger partial charge in [0.25, 0.3) is 0 Å². The molecule has 0 atom stereocenters. The SMILES string of the molecule is COc1ccc(C=NNC(=O)CC(=O)Nc2cccc(Cl)c2Cl)c(OC)c1.